The van der Waals surface area contributed by atoms with Crippen molar-refractivity contribution >= 4 is 51.5 Å². The molecule has 10 nitrogen and oxygen atoms in total. The van der Waals surface area contributed by atoms with E-state index < -0.39 is 21.1 Å². The second kappa shape index (κ2) is 11.9. The number of fused-ring (bicyclic) bond motifs is 3. The number of hydrogen-bond donors (Lipinski definition) is 2. The summed E-state index contributed by atoms with van der Waals surface area (Å²) < 4.78 is -1.42. The molecule has 0 aromatic heterocycles. The molecule has 4 aromatic rings. The van der Waals surface area contributed by atoms with Crippen LogP contribution in [0.1, 0.15) is 49.1 Å². The van der Waals surface area contributed by atoms with Gasteiger partial charge in [0.1, 0.15) is 4.75 Å². The van der Waals surface area contributed by atoms with Crippen LogP contribution in [0.25, 0.3) is 0 Å². The Kier molecular flexibility index (Phi) is 7.53. The molecule has 242 valence electrons. The van der Waals surface area contributed by atoms with Gasteiger partial charge in [0, 0.05) is 41.9 Å². The fraction of sp³-hybridized carbons (Fsp3) is 0.270. The minimum absolute atomic E-state index is 0.0299. The Hall–Kier alpha value is -5.00. The van der Waals surface area contributed by atoms with E-state index in [9.17, 15) is 14.9 Å². The van der Waals surface area contributed by atoms with Crippen LogP contribution in [-0.2, 0) is 15.1 Å². The summed E-state index contributed by atoms with van der Waals surface area (Å²) in [5.41, 5.74) is 5.52. The molecule has 1 aliphatic carbocycles. The van der Waals surface area contributed by atoms with E-state index in [0.29, 0.717) is 28.8 Å². The third-order valence-corrected chi connectivity index (χ3v) is 11.7. The number of anilines is 2. The number of amides is 2. The maximum Gasteiger partial charge on any atom is 0.269 e. The number of carbonyl (C=O) groups excluding carboxylic acids is 2. The highest BCUT2D eigenvalue weighted by molar-refractivity contribution is 8.16. The zero-order chi connectivity index (χ0) is 32.9. The quantitative estimate of drug-likeness (QED) is 0.166. The van der Waals surface area contributed by atoms with Gasteiger partial charge in [-0.1, -0.05) is 97.8 Å². The molecule has 0 radical (unpaired) electrons. The average molecular weight is 659 g/mol. The number of carbonyl (C=O) groups is 2. The number of rotatable bonds is 6. The van der Waals surface area contributed by atoms with Gasteiger partial charge in [-0.15, -0.1) is 0 Å². The molecule has 2 saturated heterocycles. The van der Waals surface area contributed by atoms with Crippen molar-refractivity contribution < 1.29 is 14.5 Å². The zero-order valence-corrected chi connectivity index (χ0v) is 26.9. The van der Waals surface area contributed by atoms with Crippen molar-refractivity contribution in [3.63, 3.8) is 0 Å². The van der Waals surface area contributed by atoms with Crippen molar-refractivity contribution in [3.8, 4) is 0 Å². The number of nitro groups is 1. The molecule has 48 heavy (non-hydrogen) atoms. The summed E-state index contributed by atoms with van der Waals surface area (Å²) in [5, 5.41) is 16.8. The predicted octanol–water partition coefficient (Wildman–Crippen LogP) is 7.20. The third-order valence-electron chi connectivity index (χ3n) is 10.2. The molecule has 3 atom stereocenters. The number of nitrogens with one attached hydrogen (secondary N) is 2. The van der Waals surface area contributed by atoms with Crippen LogP contribution in [-0.4, -0.2) is 49.1 Å². The van der Waals surface area contributed by atoms with Gasteiger partial charge in [0.2, 0.25) is 0 Å². The standard InChI is InChI=1S/C37H34N6O4S/c44-33-36(30-18-10-11-19-32(30)39-33)37(31(24-41(36)28-16-8-3-9-17-28)25-20-22-29(23-21-25)43(46)47)34(45)42(40-27-14-6-2-7-15-27)35(48-37)38-26-12-4-1-5-13-26/h1-2,4-7,10-15,18-23,28,31,40H,3,8-9,16-17,24H2,(H,39,44). The molecule has 3 heterocycles. The SMILES string of the molecule is O=C1N(Nc2ccccc2)C(=Nc2ccccc2)SC12C(c1ccc([N+](=O)[O-])cc1)CN(C1CCCCC1)C21C(=O)Nc2ccccc21. The number of non-ortho nitro benzene ring substituents is 1. The monoisotopic (exact) mass is 658 g/mol. The lowest BCUT2D eigenvalue weighted by atomic mass is 9.71. The number of para-hydroxylation sites is 3. The highest BCUT2D eigenvalue weighted by Crippen LogP contribution is 2.67. The summed E-state index contributed by atoms with van der Waals surface area (Å²) >= 11 is 1.32. The van der Waals surface area contributed by atoms with E-state index in [0.717, 1.165) is 43.2 Å². The Morgan fingerprint density at radius 1 is 0.854 bits per heavy atom. The van der Waals surface area contributed by atoms with Crippen LogP contribution < -0.4 is 10.7 Å². The summed E-state index contributed by atoms with van der Waals surface area (Å²) in [5.74, 6) is -1.04. The van der Waals surface area contributed by atoms with Crippen LogP contribution in [0.3, 0.4) is 0 Å². The van der Waals surface area contributed by atoms with E-state index in [2.05, 4.69) is 15.6 Å². The van der Waals surface area contributed by atoms with Gasteiger partial charge in [0.25, 0.3) is 17.5 Å². The molecule has 3 unspecified atom stereocenters. The number of nitrogens with zero attached hydrogens (tertiary/aromatic N) is 4. The van der Waals surface area contributed by atoms with Crippen LogP contribution in [0.2, 0.25) is 0 Å². The topological polar surface area (TPSA) is 120 Å². The molecule has 4 aliphatic rings. The average Bonchev–Trinajstić information content (AvgIpc) is 3.70. The third kappa shape index (κ3) is 4.56. The van der Waals surface area contributed by atoms with Crippen molar-refractivity contribution in [3.05, 3.63) is 130 Å². The summed E-state index contributed by atoms with van der Waals surface area (Å²) in [4.78, 5) is 49.2. The molecular formula is C37H34N6O4S. The van der Waals surface area contributed by atoms with E-state index >= 15 is 4.79 Å². The molecule has 11 heteroatoms. The van der Waals surface area contributed by atoms with Gasteiger partial charge in [-0.2, -0.15) is 5.01 Å². The molecule has 1 saturated carbocycles. The van der Waals surface area contributed by atoms with Gasteiger partial charge in [-0.25, -0.2) is 4.99 Å². The van der Waals surface area contributed by atoms with Crippen molar-refractivity contribution in [1.82, 2.24) is 9.91 Å². The fourth-order valence-corrected chi connectivity index (χ4v) is 9.83. The Labute approximate surface area is 282 Å². The smallest absolute Gasteiger partial charge is 0.269 e. The molecule has 0 bridgehead atoms. The van der Waals surface area contributed by atoms with Gasteiger partial charge in [0.05, 0.1) is 16.3 Å². The van der Waals surface area contributed by atoms with Crippen molar-refractivity contribution in [2.45, 2.75) is 54.3 Å². The lowest BCUT2D eigenvalue weighted by Gasteiger charge is -2.46. The summed E-state index contributed by atoms with van der Waals surface area (Å²) in [6.07, 6.45) is 5.04. The maximum atomic E-state index is 15.7. The van der Waals surface area contributed by atoms with Crippen LogP contribution in [0.4, 0.5) is 22.7 Å². The normalized spacial score (nSPS) is 26.4. The minimum atomic E-state index is -1.42. The van der Waals surface area contributed by atoms with E-state index in [-0.39, 0.29) is 23.5 Å². The van der Waals surface area contributed by atoms with Gasteiger partial charge in [-0.05, 0) is 48.7 Å². The van der Waals surface area contributed by atoms with E-state index in [4.69, 9.17) is 4.99 Å². The number of hydrazine groups is 1. The first-order valence-electron chi connectivity index (χ1n) is 16.3. The molecular weight excluding hydrogens is 625 g/mol. The summed E-state index contributed by atoms with van der Waals surface area (Å²) in [7, 11) is 0. The molecule has 2 spiro atoms. The Morgan fingerprint density at radius 3 is 2.23 bits per heavy atom. The lowest BCUT2D eigenvalue weighted by Crippen LogP contribution is -2.64. The molecule has 3 aliphatic heterocycles. The van der Waals surface area contributed by atoms with Crippen molar-refractivity contribution in [2.75, 3.05) is 17.3 Å². The number of benzene rings is 4. The number of amidine groups is 1. The highest BCUT2D eigenvalue weighted by atomic mass is 32.2. The van der Waals surface area contributed by atoms with E-state index in [1.807, 2.05) is 84.9 Å². The first-order valence-corrected chi connectivity index (χ1v) is 17.2. The predicted molar refractivity (Wildman–Crippen MR) is 187 cm³/mol. The number of thioether (sulfide) groups is 1. The van der Waals surface area contributed by atoms with Gasteiger partial charge >= 0.3 is 0 Å². The Bertz CT molecular complexity index is 1920. The second-order valence-corrected chi connectivity index (χ2v) is 14.0. The van der Waals surface area contributed by atoms with Crippen LogP contribution >= 0.6 is 11.8 Å². The van der Waals surface area contributed by atoms with E-state index in [1.165, 1.54) is 28.9 Å². The maximum absolute atomic E-state index is 15.7. The van der Waals surface area contributed by atoms with Crippen molar-refractivity contribution in [1.29, 1.82) is 0 Å². The molecule has 3 fully saturated rings. The first kappa shape index (κ1) is 30.3. The highest BCUT2D eigenvalue weighted by Gasteiger charge is 2.79. The molecule has 2 N–H and O–H groups in total. The lowest BCUT2D eigenvalue weighted by molar-refractivity contribution is -0.384. The molecule has 4 aromatic carbocycles. The number of aliphatic imine (C=N–C) groups is 1. The van der Waals surface area contributed by atoms with Gasteiger partial charge in [0.15, 0.2) is 10.7 Å². The minimum Gasteiger partial charge on any atom is -0.324 e. The number of likely N-dealkylation sites (tertiary alicyclic amines) is 1. The Balaban J connectivity index is 1.39. The number of hydrogen-bond acceptors (Lipinski definition) is 8. The number of nitro benzene ring substituents is 1. The molecule has 2 amide bonds. The second-order valence-electron chi connectivity index (χ2n) is 12.7. The van der Waals surface area contributed by atoms with E-state index in [1.54, 1.807) is 12.1 Å². The van der Waals surface area contributed by atoms with Crippen molar-refractivity contribution in [2.24, 2.45) is 4.99 Å². The fourth-order valence-electron chi connectivity index (χ4n) is 8.17. The van der Waals surface area contributed by atoms with Gasteiger partial charge in [-0.3, -0.25) is 30.0 Å². The van der Waals surface area contributed by atoms with Crippen LogP contribution in [0.15, 0.2) is 114 Å². The summed E-state index contributed by atoms with van der Waals surface area (Å²) in [6.45, 7) is 0.417. The zero-order valence-electron chi connectivity index (χ0n) is 26.1. The first-order chi connectivity index (χ1) is 23.4. The molecule has 8 rings (SSSR count). The largest absolute Gasteiger partial charge is 0.324 e. The Morgan fingerprint density at radius 2 is 1.52 bits per heavy atom. The van der Waals surface area contributed by atoms with Gasteiger partial charge < -0.3 is 5.32 Å². The van der Waals surface area contributed by atoms with Crippen LogP contribution in [0.5, 0.6) is 0 Å². The van der Waals surface area contributed by atoms with Crippen LogP contribution in [0, 0.1) is 10.1 Å². The summed E-state index contributed by atoms with van der Waals surface area (Å²) in [6, 6.07) is 33.2.